The summed E-state index contributed by atoms with van der Waals surface area (Å²) in [5.41, 5.74) is 2.25. The first-order valence-corrected chi connectivity index (χ1v) is 11.9. The molecular formula is C28H30FN3O3. The van der Waals surface area contributed by atoms with Crippen LogP contribution < -0.4 is 4.74 Å². The van der Waals surface area contributed by atoms with Gasteiger partial charge in [-0.15, -0.1) is 0 Å². The average molecular weight is 476 g/mol. The molecule has 6 nitrogen and oxygen atoms in total. The molecule has 2 aromatic heterocycles. The topological polar surface area (TPSA) is 75.5 Å². The maximum atomic E-state index is 15.4. The van der Waals surface area contributed by atoms with Gasteiger partial charge in [0, 0.05) is 42.5 Å². The zero-order chi connectivity index (χ0) is 24.6. The molecule has 3 atom stereocenters. The number of likely N-dealkylation sites (tertiary alicyclic amines) is 1. The van der Waals surface area contributed by atoms with Gasteiger partial charge in [0.1, 0.15) is 11.9 Å². The van der Waals surface area contributed by atoms with E-state index >= 15 is 4.39 Å². The number of nitrogens with zero attached hydrogens (tertiary/aromatic N) is 3. The molecule has 0 aliphatic carbocycles. The molecule has 0 radical (unpaired) electrons. The van der Waals surface area contributed by atoms with Crippen LogP contribution in [0.25, 0.3) is 10.9 Å². The van der Waals surface area contributed by atoms with Crippen molar-refractivity contribution in [1.29, 1.82) is 0 Å². The van der Waals surface area contributed by atoms with Crippen LogP contribution in [0.2, 0.25) is 0 Å². The number of carbonyl (C=O) groups is 1. The van der Waals surface area contributed by atoms with E-state index in [9.17, 15) is 9.90 Å². The monoisotopic (exact) mass is 475 g/mol. The quantitative estimate of drug-likeness (QED) is 0.468. The summed E-state index contributed by atoms with van der Waals surface area (Å²) in [5.74, 6) is 6.31. The fourth-order valence-corrected chi connectivity index (χ4v) is 4.89. The average Bonchev–Trinajstić information content (AvgIpc) is 2.87. The zero-order valence-corrected chi connectivity index (χ0v) is 19.9. The lowest BCUT2D eigenvalue weighted by Crippen LogP contribution is -2.41. The van der Waals surface area contributed by atoms with Crippen molar-refractivity contribution < 1.29 is 19.0 Å². The zero-order valence-electron chi connectivity index (χ0n) is 19.9. The van der Waals surface area contributed by atoms with E-state index in [4.69, 9.17) is 4.74 Å². The number of piperidine rings is 1. The lowest BCUT2D eigenvalue weighted by Gasteiger charge is -2.37. The third kappa shape index (κ3) is 6.55. The van der Waals surface area contributed by atoms with Crippen LogP contribution >= 0.6 is 0 Å². The number of halogens is 1. The predicted octanol–water partition coefficient (Wildman–Crippen LogP) is 4.89. The highest BCUT2D eigenvalue weighted by Gasteiger charge is 2.31. The molecule has 1 aromatic carbocycles. The molecule has 0 saturated carbocycles. The lowest BCUT2D eigenvalue weighted by molar-refractivity contribution is -0.139. The molecule has 1 aliphatic heterocycles. The standard InChI is InChI=1S/C28H30FN3O3/c1-35-23-5-7-27-25(18-23)24(10-14-31-27)26(29)6-4-21-11-16-32(19-22(21)17-28(33)34)15-2-3-20-8-12-30-13-9-20/h5,7-10,12-14,18,21-22,26H,4,6,11,15-17,19H2,1H3,(H,33,34)/t21-,22+,26+/m1/s1. The SMILES string of the molecule is COc1ccc2nccc([C@@H](F)CC[C@@H]3CCN(CC#Cc4ccncc4)C[C@@H]3CC(=O)O)c2c1. The Balaban J connectivity index is 1.39. The van der Waals surface area contributed by atoms with Crippen molar-refractivity contribution in [2.75, 3.05) is 26.7 Å². The first kappa shape index (κ1) is 24.6. The van der Waals surface area contributed by atoms with Crippen LogP contribution in [0.15, 0.2) is 55.0 Å². The molecule has 7 heteroatoms. The van der Waals surface area contributed by atoms with Gasteiger partial charge < -0.3 is 9.84 Å². The van der Waals surface area contributed by atoms with E-state index < -0.39 is 12.1 Å². The Morgan fingerprint density at radius 2 is 2.06 bits per heavy atom. The summed E-state index contributed by atoms with van der Waals surface area (Å²) in [6.07, 6.45) is 5.82. The van der Waals surface area contributed by atoms with E-state index in [0.29, 0.717) is 37.2 Å². The van der Waals surface area contributed by atoms with Crippen LogP contribution in [-0.2, 0) is 4.79 Å². The number of aromatic nitrogens is 2. The summed E-state index contributed by atoms with van der Waals surface area (Å²) in [6, 6.07) is 10.9. The first-order chi connectivity index (χ1) is 17.0. The molecular weight excluding hydrogens is 445 g/mol. The summed E-state index contributed by atoms with van der Waals surface area (Å²) in [7, 11) is 1.59. The van der Waals surface area contributed by atoms with E-state index in [1.54, 1.807) is 31.8 Å². The van der Waals surface area contributed by atoms with E-state index in [2.05, 4.69) is 26.7 Å². The highest BCUT2D eigenvalue weighted by molar-refractivity contribution is 5.83. The van der Waals surface area contributed by atoms with Gasteiger partial charge in [0.2, 0.25) is 0 Å². The summed E-state index contributed by atoms with van der Waals surface area (Å²) < 4.78 is 20.7. The summed E-state index contributed by atoms with van der Waals surface area (Å²) in [6.45, 7) is 2.08. The number of hydrogen-bond acceptors (Lipinski definition) is 5. The van der Waals surface area contributed by atoms with Crippen molar-refractivity contribution in [2.24, 2.45) is 11.8 Å². The Morgan fingerprint density at radius 3 is 2.83 bits per heavy atom. The second kappa shape index (κ2) is 11.8. The highest BCUT2D eigenvalue weighted by atomic mass is 19.1. The smallest absolute Gasteiger partial charge is 0.303 e. The molecule has 0 spiro atoms. The number of aliphatic carboxylic acids is 1. The van der Waals surface area contributed by atoms with Crippen molar-refractivity contribution >= 4 is 16.9 Å². The normalized spacial score (nSPS) is 19.0. The number of hydrogen-bond donors (Lipinski definition) is 1. The molecule has 0 bridgehead atoms. The fourth-order valence-electron chi connectivity index (χ4n) is 4.89. The fraction of sp³-hybridized carbons (Fsp3) is 0.393. The number of methoxy groups -OCH3 is 1. The number of rotatable bonds is 8. The van der Waals surface area contributed by atoms with Gasteiger partial charge in [-0.2, -0.15) is 0 Å². The molecule has 4 rings (SSSR count). The van der Waals surface area contributed by atoms with E-state index in [-0.39, 0.29) is 18.3 Å². The van der Waals surface area contributed by atoms with Gasteiger partial charge >= 0.3 is 5.97 Å². The van der Waals surface area contributed by atoms with Gasteiger partial charge in [0.15, 0.2) is 0 Å². The van der Waals surface area contributed by atoms with Gasteiger partial charge in [0.05, 0.1) is 19.2 Å². The largest absolute Gasteiger partial charge is 0.497 e. The van der Waals surface area contributed by atoms with Crippen molar-refractivity contribution in [3.05, 3.63) is 66.1 Å². The number of carboxylic acids is 1. The third-order valence-corrected chi connectivity index (χ3v) is 6.74. The minimum absolute atomic E-state index is 0.0227. The Labute approximate surface area is 205 Å². The summed E-state index contributed by atoms with van der Waals surface area (Å²) >= 11 is 0. The van der Waals surface area contributed by atoms with Gasteiger partial charge in [-0.05, 0) is 79.6 Å². The van der Waals surface area contributed by atoms with Gasteiger partial charge in [0.25, 0.3) is 0 Å². The van der Waals surface area contributed by atoms with Crippen molar-refractivity contribution in [3.8, 4) is 17.6 Å². The van der Waals surface area contributed by atoms with Crippen molar-refractivity contribution in [2.45, 2.75) is 31.9 Å². The molecule has 182 valence electrons. The van der Waals surface area contributed by atoms with Crippen molar-refractivity contribution in [3.63, 3.8) is 0 Å². The Kier molecular flexibility index (Phi) is 8.27. The van der Waals surface area contributed by atoms with Crippen LogP contribution in [0.5, 0.6) is 5.75 Å². The number of carboxylic acid groups (broad SMARTS) is 1. The van der Waals surface area contributed by atoms with Crippen LogP contribution in [-0.4, -0.2) is 52.7 Å². The number of pyridine rings is 2. The Bertz CT molecular complexity index is 1210. The van der Waals surface area contributed by atoms with E-state index in [1.807, 2.05) is 30.3 Å². The van der Waals surface area contributed by atoms with Gasteiger partial charge in [-0.25, -0.2) is 4.39 Å². The minimum atomic E-state index is -1.15. The summed E-state index contributed by atoms with van der Waals surface area (Å²) in [5, 5.41) is 10.2. The molecule has 1 fully saturated rings. The van der Waals surface area contributed by atoms with Crippen LogP contribution in [0.3, 0.4) is 0 Å². The second-order valence-corrected chi connectivity index (χ2v) is 9.01. The minimum Gasteiger partial charge on any atom is -0.497 e. The number of ether oxygens (including phenoxy) is 1. The maximum Gasteiger partial charge on any atom is 0.303 e. The first-order valence-electron chi connectivity index (χ1n) is 11.9. The molecule has 1 N–H and O–H groups in total. The van der Waals surface area contributed by atoms with E-state index in [1.165, 1.54) is 0 Å². The van der Waals surface area contributed by atoms with Crippen LogP contribution in [0.4, 0.5) is 4.39 Å². The molecule has 3 heterocycles. The Hall–Kier alpha value is -3.50. The summed E-state index contributed by atoms with van der Waals surface area (Å²) in [4.78, 5) is 22.1. The molecule has 3 aromatic rings. The molecule has 0 amide bonds. The third-order valence-electron chi connectivity index (χ3n) is 6.74. The van der Waals surface area contributed by atoms with Gasteiger partial charge in [-0.3, -0.25) is 19.7 Å². The maximum absolute atomic E-state index is 15.4. The highest BCUT2D eigenvalue weighted by Crippen LogP contribution is 2.36. The second-order valence-electron chi connectivity index (χ2n) is 9.01. The van der Waals surface area contributed by atoms with E-state index in [0.717, 1.165) is 29.4 Å². The molecule has 1 saturated heterocycles. The van der Waals surface area contributed by atoms with Crippen LogP contribution in [0, 0.1) is 23.7 Å². The molecule has 0 unspecified atom stereocenters. The van der Waals surface area contributed by atoms with Crippen molar-refractivity contribution in [1.82, 2.24) is 14.9 Å². The molecule has 1 aliphatic rings. The number of fused-ring (bicyclic) bond motifs is 1. The predicted molar refractivity (Wildman–Crippen MR) is 133 cm³/mol. The number of benzene rings is 1. The molecule has 35 heavy (non-hydrogen) atoms. The lowest BCUT2D eigenvalue weighted by atomic mass is 9.79. The van der Waals surface area contributed by atoms with Crippen LogP contribution in [0.1, 0.15) is 43.0 Å². The Morgan fingerprint density at radius 1 is 1.23 bits per heavy atom. The van der Waals surface area contributed by atoms with Gasteiger partial charge in [-0.1, -0.05) is 11.8 Å². The number of alkyl halides is 1.